The normalized spacial score (nSPS) is 10.6. The van der Waals surface area contributed by atoms with Gasteiger partial charge in [0, 0.05) is 18.3 Å². The van der Waals surface area contributed by atoms with Crippen molar-refractivity contribution in [3.05, 3.63) is 69.4 Å². The second-order valence-electron chi connectivity index (χ2n) is 4.30. The molecule has 0 atom stereocenters. The van der Waals surface area contributed by atoms with E-state index in [1.54, 1.807) is 29.8 Å². The van der Waals surface area contributed by atoms with Gasteiger partial charge < -0.3 is 10.3 Å². The zero-order valence-corrected chi connectivity index (χ0v) is 10.2. The SMILES string of the molecule is Cc1cccn(Cc2cc(F)cc(CN)c2)c1=O. The predicted molar refractivity (Wildman–Crippen MR) is 68.8 cm³/mol. The third-order valence-electron chi connectivity index (χ3n) is 2.82. The van der Waals surface area contributed by atoms with E-state index in [1.165, 1.54) is 12.1 Å². The summed E-state index contributed by atoms with van der Waals surface area (Å²) in [5, 5.41) is 0. The Labute approximate surface area is 105 Å². The Kier molecular flexibility index (Phi) is 3.58. The molecule has 4 heteroatoms. The number of nitrogens with two attached hydrogens (primary N) is 1. The van der Waals surface area contributed by atoms with Crippen LogP contribution in [0.3, 0.4) is 0 Å². The van der Waals surface area contributed by atoms with Crippen molar-refractivity contribution in [1.82, 2.24) is 4.57 Å². The van der Waals surface area contributed by atoms with Crippen molar-refractivity contribution in [1.29, 1.82) is 0 Å². The first-order valence-corrected chi connectivity index (χ1v) is 5.74. The van der Waals surface area contributed by atoms with Crippen LogP contribution in [-0.4, -0.2) is 4.57 Å². The van der Waals surface area contributed by atoms with Gasteiger partial charge in [0.15, 0.2) is 0 Å². The lowest BCUT2D eigenvalue weighted by Crippen LogP contribution is -2.21. The first-order chi connectivity index (χ1) is 8.60. The van der Waals surface area contributed by atoms with Gasteiger partial charge in [0.1, 0.15) is 5.82 Å². The molecule has 0 amide bonds. The molecule has 0 aliphatic heterocycles. The Morgan fingerprint density at radius 1 is 1.28 bits per heavy atom. The highest BCUT2D eigenvalue weighted by molar-refractivity contribution is 5.25. The quantitative estimate of drug-likeness (QED) is 0.897. The van der Waals surface area contributed by atoms with Crippen LogP contribution in [0.4, 0.5) is 4.39 Å². The average Bonchev–Trinajstić information content (AvgIpc) is 2.34. The maximum Gasteiger partial charge on any atom is 0.253 e. The van der Waals surface area contributed by atoms with E-state index in [1.807, 2.05) is 6.07 Å². The van der Waals surface area contributed by atoms with Gasteiger partial charge >= 0.3 is 0 Å². The summed E-state index contributed by atoms with van der Waals surface area (Å²) in [6, 6.07) is 8.21. The van der Waals surface area contributed by atoms with E-state index in [2.05, 4.69) is 0 Å². The van der Waals surface area contributed by atoms with Crippen LogP contribution in [0.25, 0.3) is 0 Å². The van der Waals surface area contributed by atoms with Gasteiger partial charge in [-0.15, -0.1) is 0 Å². The van der Waals surface area contributed by atoms with Crippen LogP contribution in [-0.2, 0) is 13.1 Å². The van der Waals surface area contributed by atoms with Gasteiger partial charge in [-0.1, -0.05) is 12.1 Å². The monoisotopic (exact) mass is 246 g/mol. The third kappa shape index (κ3) is 2.65. The molecule has 0 unspecified atom stereocenters. The molecule has 2 N–H and O–H groups in total. The van der Waals surface area contributed by atoms with Gasteiger partial charge in [0.25, 0.3) is 5.56 Å². The minimum absolute atomic E-state index is 0.0592. The lowest BCUT2D eigenvalue weighted by Gasteiger charge is -2.08. The number of rotatable bonds is 3. The van der Waals surface area contributed by atoms with Crippen molar-refractivity contribution in [3.63, 3.8) is 0 Å². The molecule has 1 aromatic heterocycles. The van der Waals surface area contributed by atoms with Crippen LogP contribution in [0.2, 0.25) is 0 Å². The Hall–Kier alpha value is -1.94. The van der Waals surface area contributed by atoms with Crippen LogP contribution < -0.4 is 11.3 Å². The van der Waals surface area contributed by atoms with Crippen LogP contribution in [0.15, 0.2) is 41.3 Å². The number of aromatic nitrogens is 1. The van der Waals surface area contributed by atoms with Crippen LogP contribution in [0.1, 0.15) is 16.7 Å². The minimum Gasteiger partial charge on any atom is -0.326 e. The molecule has 3 nitrogen and oxygen atoms in total. The van der Waals surface area contributed by atoms with Crippen LogP contribution in [0, 0.1) is 12.7 Å². The first kappa shape index (κ1) is 12.5. The molecular formula is C14H15FN2O. The van der Waals surface area contributed by atoms with Gasteiger partial charge in [-0.25, -0.2) is 4.39 Å². The number of benzene rings is 1. The van der Waals surface area contributed by atoms with Crippen molar-refractivity contribution in [2.75, 3.05) is 0 Å². The summed E-state index contributed by atoms with van der Waals surface area (Å²) in [4.78, 5) is 11.9. The van der Waals surface area contributed by atoms with Gasteiger partial charge in [-0.2, -0.15) is 0 Å². The van der Waals surface area contributed by atoms with E-state index >= 15 is 0 Å². The fraction of sp³-hybridized carbons (Fsp3) is 0.214. The molecule has 1 heterocycles. The van der Waals surface area contributed by atoms with Crippen molar-refractivity contribution in [2.24, 2.45) is 5.73 Å². The highest BCUT2D eigenvalue weighted by Gasteiger charge is 2.03. The standard InChI is InChI=1S/C14H15FN2O/c1-10-3-2-4-17(14(10)18)9-12-5-11(8-16)6-13(15)7-12/h2-7H,8-9,16H2,1H3. The second kappa shape index (κ2) is 5.14. The molecule has 2 rings (SSSR count). The Balaban J connectivity index is 2.37. The van der Waals surface area contributed by atoms with Crippen LogP contribution in [0.5, 0.6) is 0 Å². The number of hydrogen-bond acceptors (Lipinski definition) is 2. The average molecular weight is 246 g/mol. The summed E-state index contributed by atoms with van der Waals surface area (Å²) < 4.78 is 14.9. The van der Waals surface area contributed by atoms with Crippen LogP contribution >= 0.6 is 0 Å². The van der Waals surface area contributed by atoms with Gasteiger partial charge in [0.05, 0.1) is 6.54 Å². The number of aryl methyl sites for hydroxylation is 1. The number of pyridine rings is 1. The molecule has 0 aliphatic carbocycles. The molecule has 0 bridgehead atoms. The van der Waals surface area contributed by atoms with E-state index in [9.17, 15) is 9.18 Å². The van der Waals surface area contributed by atoms with Crippen molar-refractivity contribution in [3.8, 4) is 0 Å². The number of nitrogens with zero attached hydrogens (tertiary/aromatic N) is 1. The fourth-order valence-electron chi connectivity index (χ4n) is 1.90. The van der Waals surface area contributed by atoms with E-state index in [4.69, 9.17) is 5.73 Å². The largest absolute Gasteiger partial charge is 0.326 e. The van der Waals surface area contributed by atoms with E-state index < -0.39 is 0 Å². The number of halogens is 1. The highest BCUT2D eigenvalue weighted by Crippen LogP contribution is 2.10. The Morgan fingerprint density at radius 2 is 2.00 bits per heavy atom. The molecule has 0 aliphatic rings. The highest BCUT2D eigenvalue weighted by atomic mass is 19.1. The van der Waals surface area contributed by atoms with Gasteiger partial charge in [-0.05, 0) is 36.2 Å². The van der Waals surface area contributed by atoms with E-state index in [0.29, 0.717) is 12.1 Å². The summed E-state index contributed by atoms with van der Waals surface area (Å²) >= 11 is 0. The molecule has 2 aromatic rings. The molecule has 18 heavy (non-hydrogen) atoms. The Bertz CT molecular complexity index is 619. The van der Waals surface area contributed by atoms with Crippen molar-refractivity contribution < 1.29 is 4.39 Å². The molecule has 0 spiro atoms. The zero-order valence-electron chi connectivity index (χ0n) is 10.2. The lowest BCUT2D eigenvalue weighted by molar-refractivity contribution is 0.620. The summed E-state index contributed by atoms with van der Waals surface area (Å²) in [6.45, 7) is 2.40. The maximum atomic E-state index is 13.4. The summed E-state index contributed by atoms with van der Waals surface area (Å²) in [5.41, 5.74) is 7.58. The smallest absolute Gasteiger partial charge is 0.253 e. The third-order valence-corrected chi connectivity index (χ3v) is 2.82. The fourth-order valence-corrected chi connectivity index (χ4v) is 1.90. The molecule has 1 aromatic carbocycles. The molecule has 94 valence electrons. The Morgan fingerprint density at radius 3 is 2.72 bits per heavy atom. The lowest BCUT2D eigenvalue weighted by atomic mass is 10.1. The topological polar surface area (TPSA) is 48.0 Å². The molecular weight excluding hydrogens is 231 g/mol. The predicted octanol–water partition coefficient (Wildman–Crippen LogP) is 1.80. The summed E-state index contributed by atoms with van der Waals surface area (Å²) in [6.07, 6.45) is 1.70. The molecule has 0 saturated carbocycles. The molecule has 0 saturated heterocycles. The second-order valence-corrected chi connectivity index (χ2v) is 4.30. The summed E-state index contributed by atoms with van der Waals surface area (Å²) in [5.74, 6) is -0.325. The first-order valence-electron chi connectivity index (χ1n) is 5.74. The minimum atomic E-state index is -0.325. The van der Waals surface area contributed by atoms with E-state index in [0.717, 1.165) is 11.1 Å². The number of hydrogen-bond donors (Lipinski definition) is 1. The molecule has 0 fully saturated rings. The molecule has 0 radical (unpaired) electrons. The maximum absolute atomic E-state index is 13.4. The van der Waals surface area contributed by atoms with Gasteiger partial charge in [0.2, 0.25) is 0 Å². The van der Waals surface area contributed by atoms with Crippen molar-refractivity contribution in [2.45, 2.75) is 20.0 Å². The summed E-state index contributed by atoms with van der Waals surface area (Å²) in [7, 11) is 0. The van der Waals surface area contributed by atoms with Crippen molar-refractivity contribution >= 4 is 0 Å². The zero-order chi connectivity index (χ0) is 13.1. The van der Waals surface area contributed by atoms with Gasteiger partial charge in [-0.3, -0.25) is 4.79 Å². The van der Waals surface area contributed by atoms with E-state index in [-0.39, 0.29) is 17.9 Å².